The SMILES string of the molecule is CC1=C(C(=O)O)C(c2ccc(F)c(Br)c2)C2=C(C=CCS2)N1. The number of aliphatic carboxylic acids is 1. The lowest BCUT2D eigenvalue weighted by atomic mass is 9.86. The lowest BCUT2D eigenvalue weighted by Crippen LogP contribution is -2.28. The second-order valence-electron chi connectivity index (χ2n) is 5.07. The van der Waals surface area contributed by atoms with Crippen LogP contribution in [0.2, 0.25) is 0 Å². The van der Waals surface area contributed by atoms with Crippen molar-refractivity contribution >= 4 is 33.7 Å². The van der Waals surface area contributed by atoms with Gasteiger partial charge in [-0.25, -0.2) is 9.18 Å². The summed E-state index contributed by atoms with van der Waals surface area (Å²) in [6, 6.07) is 4.67. The quantitative estimate of drug-likeness (QED) is 0.807. The highest BCUT2D eigenvalue weighted by Gasteiger charge is 2.34. The Labute approximate surface area is 140 Å². The number of rotatable bonds is 2. The first kappa shape index (κ1) is 15.4. The van der Waals surface area contributed by atoms with E-state index in [0.717, 1.165) is 21.9 Å². The van der Waals surface area contributed by atoms with Gasteiger partial charge in [0.1, 0.15) is 5.82 Å². The maximum absolute atomic E-state index is 13.5. The highest BCUT2D eigenvalue weighted by molar-refractivity contribution is 9.10. The molecule has 0 bridgehead atoms. The smallest absolute Gasteiger partial charge is 0.334 e. The molecule has 6 heteroatoms. The number of hydrogen-bond acceptors (Lipinski definition) is 3. The molecule has 1 aromatic carbocycles. The van der Waals surface area contributed by atoms with E-state index in [2.05, 4.69) is 21.2 Å². The van der Waals surface area contributed by atoms with Crippen molar-refractivity contribution < 1.29 is 14.3 Å². The van der Waals surface area contributed by atoms with Gasteiger partial charge in [0.2, 0.25) is 0 Å². The molecule has 2 aliphatic rings. The number of hydrogen-bond donors (Lipinski definition) is 2. The van der Waals surface area contributed by atoms with Gasteiger partial charge in [0.25, 0.3) is 0 Å². The zero-order chi connectivity index (χ0) is 15.9. The number of dihydropyridines is 1. The van der Waals surface area contributed by atoms with Gasteiger partial charge in [-0.1, -0.05) is 12.1 Å². The van der Waals surface area contributed by atoms with Crippen molar-refractivity contribution in [2.24, 2.45) is 0 Å². The van der Waals surface area contributed by atoms with E-state index in [1.165, 1.54) is 6.07 Å². The normalized spacial score (nSPS) is 20.8. The summed E-state index contributed by atoms with van der Waals surface area (Å²) in [5, 5.41) is 12.8. The average molecular weight is 382 g/mol. The molecule has 22 heavy (non-hydrogen) atoms. The summed E-state index contributed by atoms with van der Waals surface area (Å²) in [4.78, 5) is 12.7. The monoisotopic (exact) mass is 381 g/mol. The fraction of sp³-hybridized carbons (Fsp3) is 0.188. The van der Waals surface area contributed by atoms with Crippen LogP contribution in [0.4, 0.5) is 4.39 Å². The molecule has 1 aromatic rings. The molecule has 0 amide bonds. The van der Waals surface area contributed by atoms with Crippen LogP contribution in [-0.4, -0.2) is 16.8 Å². The van der Waals surface area contributed by atoms with Gasteiger partial charge in [-0.05, 0) is 46.6 Å². The van der Waals surface area contributed by atoms with Gasteiger partial charge in [-0.2, -0.15) is 0 Å². The molecule has 0 saturated carbocycles. The molecule has 0 saturated heterocycles. The Morgan fingerprint density at radius 2 is 2.27 bits per heavy atom. The Hall–Kier alpha value is -1.53. The van der Waals surface area contributed by atoms with E-state index in [9.17, 15) is 14.3 Å². The van der Waals surface area contributed by atoms with Gasteiger partial charge in [-0.15, -0.1) is 11.8 Å². The Morgan fingerprint density at radius 3 is 2.95 bits per heavy atom. The maximum Gasteiger partial charge on any atom is 0.334 e. The first-order valence-electron chi connectivity index (χ1n) is 6.68. The topological polar surface area (TPSA) is 49.3 Å². The molecule has 2 N–H and O–H groups in total. The third kappa shape index (κ3) is 2.61. The van der Waals surface area contributed by atoms with Gasteiger partial charge >= 0.3 is 5.97 Å². The van der Waals surface area contributed by atoms with Gasteiger partial charge in [0.05, 0.1) is 16.0 Å². The second kappa shape index (κ2) is 5.93. The van der Waals surface area contributed by atoms with Crippen molar-refractivity contribution in [3.05, 3.63) is 68.1 Å². The van der Waals surface area contributed by atoms with Crippen LogP contribution in [0.3, 0.4) is 0 Å². The summed E-state index contributed by atoms with van der Waals surface area (Å²) in [5.41, 5.74) is 2.61. The van der Waals surface area contributed by atoms with Crippen LogP contribution in [0, 0.1) is 5.82 Å². The predicted octanol–water partition coefficient (Wildman–Crippen LogP) is 4.15. The first-order chi connectivity index (χ1) is 10.5. The molecule has 0 radical (unpaired) electrons. The molecular formula is C16H13BrFNO2S. The van der Waals surface area contributed by atoms with Crippen molar-refractivity contribution in [2.75, 3.05) is 5.75 Å². The lowest BCUT2D eigenvalue weighted by molar-refractivity contribution is -0.133. The minimum absolute atomic E-state index is 0.306. The number of allylic oxidation sites excluding steroid dienone is 3. The standard InChI is InChI=1S/C16H13BrFNO2S/c1-8-13(16(20)21)14(9-4-5-11(18)10(17)7-9)15-12(19-8)3-2-6-22-15/h2-5,7,14,19H,6H2,1H3,(H,20,21). The second-order valence-corrected chi connectivity index (χ2v) is 6.98. The number of thioether (sulfide) groups is 1. The average Bonchev–Trinajstić information content (AvgIpc) is 2.48. The Bertz CT molecular complexity index is 755. The van der Waals surface area contributed by atoms with Crippen molar-refractivity contribution in [3.63, 3.8) is 0 Å². The van der Waals surface area contributed by atoms with Crippen molar-refractivity contribution in [1.82, 2.24) is 5.32 Å². The Balaban J connectivity index is 2.18. The van der Waals surface area contributed by atoms with Gasteiger partial charge < -0.3 is 10.4 Å². The van der Waals surface area contributed by atoms with Gasteiger partial charge in [0, 0.05) is 22.1 Å². The van der Waals surface area contributed by atoms with Crippen LogP contribution < -0.4 is 5.32 Å². The van der Waals surface area contributed by atoms with Crippen molar-refractivity contribution in [2.45, 2.75) is 12.8 Å². The van der Waals surface area contributed by atoms with Crippen LogP contribution in [0.1, 0.15) is 18.4 Å². The number of carbonyl (C=O) groups is 1. The van der Waals surface area contributed by atoms with E-state index in [-0.39, 0.29) is 11.7 Å². The highest BCUT2D eigenvalue weighted by atomic mass is 79.9. The third-order valence-electron chi connectivity index (χ3n) is 3.67. The number of halogens is 2. The van der Waals surface area contributed by atoms with E-state index in [0.29, 0.717) is 15.7 Å². The van der Waals surface area contributed by atoms with Crippen LogP contribution in [0.25, 0.3) is 0 Å². The van der Waals surface area contributed by atoms with E-state index in [1.54, 1.807) is 30.8 Å². The van der Waals surface area contributed by atoms with Crippen molar-refractivity contribution in [3.8, 4) is 0 Å². The molecule has 3 rings (SSSR count). The molecule has 1 atom stereocenters. The fourth-order valence-corrected chi connectivity index (χ4v) is 4.18. The predicted molar refractivity (Wildman–Crippen MR) is 88.9 cm³/mol. The lowest BCUT2D eigenvalue weighted by Gasteiger charge is -2.32. The summed E-state index contributed by atoms with van der Waals surface area (Å²) in [6.07, 6.45) is 4.01. The largest absolute Gasteiger partial charge is 0.478 e. The summed E-state index contributed by atoms with van der Waals surface area (Å²) in [6.45, 7) is 1.76. The zero-order valence-electron chi connectivity index (χ0n) is 11.7. The van der Waals surface area contributed by atoms with E-state index in [4.69, 9.17) is 0 Å². The number of carboxylic acid groups (broad SMARTS) is 1. The molecule has 114 valence electrons. The summed E-state index contributed by atoms with van der Waals surface area (Å²) in [7, 11) is 0. The van der Waals surface area contributed by atoms with E-state index in [1.807, 2.05) is 12.2 Å². The summed E-state index contributed by atoms with van der Waals surface area (Å²) >= 11 is 4.79. The molecule has 2 heterocycles. The highest BCUT2D eigenvalue weighted by Crippen LogP contribution is 2.45. The Morgan fingerprint density at radius 1 is 1.50 bits per heavy atom. The van der Waals surface area contributed by atoms with E-state index < -0.39 is 5.97 Å². The maximum atomic E-state index is 13.5. The Kier molecular flexibility index (Phi) is 4.14. The molecule has 0 spiro atoms. The number of nitrogens with one attached hydrogen (secondary N) is 1. The molecule has 0 aliphatic carbocycles. The summed E-state index contributed by atoms with van der Waals surface area (Å²) in [5.74, 6) is -0.913. The molecule has 0 fully saturated rings. The van der Waals surface area contributed by atoms with Crippen molar-refractivity contribution in [1.29, 1.82) is 0 Å². The molecular weight excluding hydrogens is 369 g/mol. The first-order valence-corrected chi connectivity index (χ1v) is 8.46. The van der Waals surface area contributed by atoms with Gasteiger partial charge in [-0.3, -0.25) is 0 Å². The van der Waals surface area contributed by atoms with Crippen LogP contribution >= 0.6 is 27.7 Å². The number of benzene rings is 1. The minimum Gasteiger partial charge on any atom is -0.478 e. The fourth-order valence-electron chi connectivity index (χ4n) is 2.72. The van der Waals surface area contributed by atoms with Crippen LogP contribution in [0.5, 0.6) is 0 Å². The van der Waals surface area contributed by atoms with E-state index >= 15 is 0 Å². The molecule has 3 nitrogen and oxygen atoms in total. The molecule has 1 unspecified atom stereocenters. The van der Waals surface area contributed by atoms with Crippen LogP contribution in [0.15, 0.2) is 56.7 Å². The third-order valence-corrected chi connectivity index (χ3v) is 5.40. The van der Waals surface area contributed by atoms with Gasteiger partial charge in [0.15, 0.2) is 0 Å². The minimum atomic E-state index is -0.961. The molecule has 0 aromatic heterocycles. The van der Waals surface area contributed by atoms with Crippen LogP contribution in [-0.2, 0) is 4.79 Å². The number of carboxylic acids is 1. The summed E-state index contributed by atoms with van der Waals surface area (Å²) < 4.78 is 13.9. The molecule has 2 aliphatic heterocycles. The zero-order valence-corrected chi connectivity index (χ0v) is 14.1.